The van der Waals surface area contributed by atoms with E-state index in [1.54, 1.807) is 19.1 Å². The standard InChI is InChI=1S/C16H20FN3O3/c1-4-5-13-19-14(23-20-13)9-18-15(16(21)22-3)11-6-7-12(17)10(2)8-11/h6-8,15,18H,4-5,9H2,1-3H3/t15-/m1/s1. The number of methoxy groups -OCH3 is 1. The topological polar surface area (TPSA) is 77.2 Å². The maximum atomic E-state index is 13.4. The molecule has 6 nitrogen and oxygen atoms in total. The Morgan fingerprint density at radius 2 is 2.26 bits per heavy atom. The van der Waals surface area contributed by atoms with Crippen LogP contribution < -0.4 is 5.32 Å². The zero-order valence-corrected chi connectivity index (χ0v) is 13.4. The number of nitrogens with one attached hydrogen (secondary N) is 1. The van der Waals surface area contributed by atoms with Gasteiger partial charge in [0.25, 0.3) is 0 Å². The molecule has 0 aliphatic carbocycles. The number of carbonyl (C=O) groups excluding carboxylic acids is 1. The van der Waals surface area contributed by atoms with Crippen LogP contribution in [0.2, 0.25) is 0 Å². The lowest BCUT2D eigenvalue weighted by molar-refractivity contribution is -0.143. The maximum Gasteiger partial charge on any atom is 0.327 e. The third-order valence-electron chi connectivity index (χ3n) is 3.39. The number of nitrogens with zero attached hydrogens (tertiary/aromatic N) is 2. The van der Waals surface area contributed by atoms with Crippen molar-refractivity contribution in [1.82, 2.24) is 15.5 Å². The van der Waals surface area contributed by atoms with Gasteiger partial charge in [-0.25, -0.2) is 9.18 Å². The van der Waals surface area contributed by atoms with Crippen molar-refractivity contribution in [3.63, 3.8) is 0 Å². The van der Waals surface area contributed by atoms with E-state index in [1.165, 1.54) is 13.2 Å². The summed E-state index contributed by atoms with van der Waals surface area (Å²) in [6, 6.07) is 3.75. The summed E-state index contributed by atoms with van der Waals surface area (Å²) >= 11 is 0. The summed E-state index contributed by atoms with van der Waals surface area (Å²) in [6.45, 7) is 3.88. The number of carbonyl (C=O) groups is 1. The Morgan fingerprint density at radius 1 is 1.48 bits per heavy atom. The molecule has 0 amide bonds. The van der Waals surface area contributed by atoms with E-state index < -0.39 is 12.0 Å². The van der Waals surface area contributed by atoms with Gasteiger partial charge in [-0.3, -0.25) is 5.32 Å². The molecule has 0 saturated carbocycles. The number of ether oxygens (including phenoxy) is 1. The van der Waals surface area contributed by atoms with E-state index in [4.69, 9.17) is 9.26 Å². The average Bonchev–Trinajstić information content (AvgIpc) is 2.98. The van der Waals surface area contributed by atoms with E-state index in [0.717, 1.165) is 12.8 Å². The van der Waals surface area contributed by atoms with E-state index in [0.29, 0.717) is 22.8 Å². The number of rotatable bonds is 7. The van der Waals surface area contributed by atoms with Gasteiger partial charge in [-0.15, -0.1) is 0 Å². The SMILES string of the molecule is CCCc1noc(CN[C@@H](C(=O)OC)c2ccc(F)c(C)c2)n1. The van der Waals surface area contributed by atoms with Crippen molar-refractivity contribution in [3.8, 4) is 0 Å². The first-order valence-corrected chi connectivity index (χ1v) is 7.43. The van der Waals surface area contributed by atoms with Crippen molar-refractivity contribution in [1.29, 1.82) is 0 Å². The first-order chi connectivity index (χ1) is 11.0. The van der Waals surface area contributed by atoms with Crippen LogP contribution in [0.1, 0.15) is 42.2 Å². The summed E-state index contributed by atoms with van der Waals surface area (Å²) < 4.78 is 23.3. The fourth-order valence-corrected chi connectivity index (χ4v) is 2.18. The minimum Gasteiger partial charge on any atom is -0.468 e. The van der Waals surface area contributed by atoms with E-state index in [1.807, 2.05) is 6.92 Å². The van der Waals surface area contributed by atoms with Gasteiger partial charge in [0.1, 0.15) is 11.9 Å². The second kappa shape index (κ2) is 7.82. The fraction of sp³-hybridized carbons (Fsp3) is 0.438. The van der Waals surface area contributed by atoms with Crippen molar-refractivity contribution >= 4 is 5.97 Å². The molecular weight excluding hydrogens is 301 g/mol. The van der Waals surface area contributed by atoms with Crippen molar-refractivity contribution in [2.24, 2.45) is 0 Å². The molecule has 0 spiro atoms. The molecule has 0 aliphatic heterocycles. The van der Waals surface area contributed by atoms with Crippen molar-refractivity contribution in [3.05, 3.63) is 46.9 Å². The third kappa shape index (κ3) is 4.35. The summed E-state index contributed by atoms with van der Waals surface area (Å²) in [6.07, 6.45) is 1.66. The Morgan fingerprint density at radius 3 is 2.91 bits per heavy atom. The van der Waals surface area contributed by atoms with Crippen LogP contribution in [0.5, 0.6) is 0 Å². The van der Waals surface area contributed by atoms with Gasteiger partial charge in [0, 0.05) is 6.42 Å². The first kappa shape index (κ1) is 17.1. The summed E-state index contributed by atoms with van der Waals surface area (Å²) in [5, 5.41) is 6.87. The van der Waals surface area contributed by atoms with Crippen LogP contribution in [-0.2, 0) is 22.5 Å². The summed E-state index contributed by atoms with van der Waals surface area (Å²) in [5.74, 6) is 0.237. The zero-order valence-electron chi connectivity index (χ0n) is 13.4. The second-order valence-electron chi connectivity index (χ2n) is 5.20. The molecule has 1 heterocycles. The van der Waals surface area contributed by atoms with Crippen molar-refractivity contribution in [2.75, 3.05) is 7.11 Å². The minimum atomic E-state index is -0.735. The Hall–Kier alpha value is -2.28. The molecule has 2 aromatic rings. The van der Waals surface area contributed by atoms with Gasteiger partial charge in [-0.2, -0.15) is 4.98 Å². The van der Waals surface area contributed by atoms with Crippen LogP contribution in [0.4, 0.5) is 4.39 Å². The molecule has 0 bridgehead atoms. The highest BCUT2D eigenvalue weighted by Gasteiger charge is 2.22. The van der Waals surface area contributed by atoms with Gasteiger partial charge in [-0.05, 0) is 30.5 Å². The van der Waals surface area contributed by atoms with Crippen molar-refractivity contribution < 1.29 is 18.4 Å². The molecule has 0 radical (unpaired) electrons. The predicted molar refractivity (Wildman–Crippen MR) is 81.0 cm³/mol. The first-order valence-electron chi connectivity index (χ1n) is 7.43. The molecule has 2 rings (SSSR count). The molecule has 23 heavy (non-hydrogen) atoms. The lowest BCUT2D eigenvalue weighted by atomic mass is 10.0. The van der Waals surface area contributed by atoms with E-state index in [2.05, 4.69) is 15.5 Å². The van der Waals surface area contributed by atoms with Crippen LogP contribution in [0, 0.1) is 12.7 Å². The Labute approximate surface area is 134 Å². The maximum absolute atomic E-state index is 13.4. The normalized spacial score (nSPS) is 12.2. The molecular formula is C16H20FN3O3. The van der Waals surface area contributed by atoms with Gasteiger partial charge in [-0.1, -0.05) is 24.2 Å². The number of benzene rings is 1. The highest BCUT2D eigenvalue weighted by molar-refractivity contribution is 5.77. The second-order valence-corrected chi connectivity index (χ2v) is 5.20. The molecule has 0 aliphatic rings. The lowest BCUT2D eigenvalue weighted by Gasteiger charge is -2.16. The number of aromatic nitrogens is 2. The Balaban J connectivity index is 2.12. The van der Waals surface area contributed by atoms with Gasteiger partial charge in [0.2, 0.25) is 5.89 Å². The lowest BCUT2D eigenvalue weighted by Crippen LogP contribution is -2.29. The molecule has 7 heteroatoms. The van der Waals surface area contributed by atoms with E-state index >= 15 is 0 Å². The largest absolute Gasteiger partial charge is 0.468 e. The smallest absolute Gasteiger partial charge is 0.327 e. The zero-order chi connectivity index (χ0) is 16.8. The summed E-state index contributed by atoms with van der Waals surface area (Å²) in [7, 11) is 1.31. The van der Waals surface area contributed by atoms with Crippen LogP contribution >= 0.6 is 0 Å². The summed E-state index contributed by atoms with van der Waals surface area (Å²) in [5.41, 5.74) is 1.07. The fourth-order valence-electron chi connectivity index (χ4n) is 2.18. The van der Waals surface area contributed by atoms with Crippen LogP contribution in [0.3, 0.4) is 0 Å². The Bertz CT molecular complexity index is 672. The van der Waals surface area contributed by atoms with Gasteiger partial charge in [0.05, 0.1) is 13.7 Å². The molecule has 0 unspecified atom stereocenters. The highest BCUT2D eigenvalue weighted by Crippen LogP contribution is 2.18. The molecule has 1 atom stereocenters. The van der Waals surface area contributed by atoms with Crippen LogP contribution in [-0.4, -0.2) is 23.2 Å². The number of hydrogen-bond acceptors (Lipinski definition) is 6. The van der Waals surface area contributed by atoms with E-state index in [9.17, 15) is 9.18 Å². The number of halogens is 1. The predicted octanol–water partition coefficient (Wildman–Crippen LogP) is 2.47. The summed E-state index contributed by atoms with van der Waals surface area (Å²) in [4.78, 5) is 16.2. The van der Waals surface area contributed by atoms with Gasteiger partial charge >= 0.3 is 5.97 Å². The third-order valence-corrected chi connectivity index (χ3v) is 3.39. The molecule has 0 fully saturated rings. The van der Waals surface area contributed by atoms with Gasteiger partial charge in [0.15, 0.2) is 5.82 Å². The quantitative estimate of drug-likeness (QED) is 0.790. The molecule has 1 N–H and O–H groups in total. The van der Waals surface area contributed by atoms with E-state index in [-0.39, 0.29) is 12.4 Å². The van der Waals surface area contributed by atoms with Gasteiger partial charge < -0.3 is 9.26 Å². The number of hydrogen-bond donors (Lipinski definition) is 1. The minimum absolute atomic E-state index is 0.215. The number of esters is 1. The Kier molecular flexibility index (Phi) is 5.81. The van der Waals surface area contributed by atoms with Crippen molar-refractivity contribution in [2.45, 2.75) is 39.3 Å². The number of aryl methyl sites for hydroxylation is 2. The average molecular weight is 321 g/mol. The molecule has 1 aromatic heterocycles. The van der Waals surface area contributed by atoms with Crippen LogP contribution in [0.25, 0.3) is 0 Å². The highest BCUT2D eigenvalue weighted by atomic mass is 19.1. The molecule has 124 valence electrons. The monoisotopic (exact) mass is 321 g/mol. The van der Waals surface area contributed by atoms with Crippen LogP contribution in [0.15, 0.2) is 22.7 Å². The molecule has 1 aromatic carbocycles. The molecule has 0 saturated heterocycles.